The predicted octanol–water partition coefficient (Wildman–Crippen LogP) is 5.74. The van der Waals surface area contributed by atoms with E-state index in [1.807, 2.05) is 0 Å². The van der Waals surface area contributed by atoms with Crippen molar-refractivity contribution in [1.29, 1.82) is 0 Å². The van der Waals surface area contributed by atoms with Gasteiger partial charge in [0.1, 0.15) is 0 Å². The molecule has 0 heterocycles. The van der Waals surface area contributed by atoms with Gasteiger partial charge in [-0.25, -0.2) is 8.78 Å². The molecule has 1 aliphatic carbocycles. The molecule has 2 aromatic rings. The maximum Gasteiger partial charge on any atom is 0.387 e. The number of nitrogens with zero attached hydrogens (tertiary/aromatic N) is 1. The van der Waals surface area contributed by atoms with Crippen molar-refractivity contribution in [3.05, 3.63) is 53.6 Å². The number of hydrogen-bond donors (Lipinski definition) is 1. The van der Waals surface area contributed by atoms with Gasteiger partial charge in [0.05, 0.1) is 18.0 Å². The Morgan fingerprint density at radius 2 is 1.93 bits per heavy atom. The van der Waals surface area contributed by atoms with Crippen LogP contribution < -0.4 is 15.2 Å². The zero-order valence-corrected chi connectivity index (χ0v) is 15.5. The van der Waals surface area contributed by atoms with Crippen molar-refractivity contribution in [2.75, 3.05) is 12.3 Å². The normalized spacial score (nSPS) is 14.7. The average molecular weight is 408 g/mol. The zero-order valence-electron chi connectivity index (χ0n) is 15.5. The van der Waals surface area contributed by atoms with Crippen LogP contribution in [-0.2, 0) is 0 Å². The van der Waals surface area contributed by atoms with E-state index in [2.05, 4.69) is 9.73 Å². The Morgan fingerprint density at radius 1 is 1.17 bits per heavy atom. The molecule has 0 radical (unpaired) electrons. The van der Waals surface area contributed by atoms with E-state index in [9.17, 15) is 17.6 Å². The molecule has 2 N–H and O–H groups in total. The minimum atomic E-state index is -2.97. The van der Waals surface area contributed by atoms with Gasteiger partial charge < -0.3 is 15.2 Å². The highest BCUT2D eigenvalue weighted by Gasteiger charge is 2.20. The fraction of sp³-hybridized carbons (Fsp3) is 0.286. The molecule has 29 heavy (non-hydrogen) atoms. The van der Waals surface area contributed by atoms with Gasteiger partial charge in [0, 0.05) is 23.9 Å². The molecule has 1 saturated carbocycles. The van der Waals surface area contributed by atoms with E-state index >= 15 is 0 Å². The second kappa shape index (κ2) is 9.45. The van der Waals surface area contributed by atoms with E-state index in [1.165, 1.54) is 18.4 Å². The van der Waals surface area contributed by atoms with E-state index in [0.717, 1.165) is 31.4 Å². The van der Waals surface area contributed by atoms with E-state index < -0.39 is 18.2 Å². The van der Waals surface area contributed by atoms with Crippen LogP contribution in [0.2, 0.25) is 0 Å². The molecule has 154 valence electrons. The van der Waals surface area contributed by atoms with E-state index in [0.29, 0.717) is 18.1 Å². The number of allylic oxidation sites excluding steroid dienone is 1. The van der Waals surface area contributed by atoms with Crippen molar-refractivity contribution < 1.29 is 27.0 Å². The molecule has 1 aliphatic rings. The molecule has 0 aromatic heterocycles. The van der Waals surface area contributed by atoms with Crippen molar-refractivity contribution in [2.45, 2.75) is 25.9 Å². The molecule has 3 rings (SSSR count). The fourth-order valence-corrected chi connectivity index (χ4v) is 2.80. The maximum absolute atomic E-state index is 13.3. The molecule has 0 atom stereocenters. The van der Waals surface area contributed by atoms with Crippen molar-refractivity contribution in [3.8, 4) is 11.5 Å². The lowest BCUT2D eigenvalue weighted by atomic mass is 9.86. The van der Waals surface area contributed by atoms with Crippen LogP contribution in [0.15, 0.2) is 41.4 Å². The first-order chi connectivity index (χ1) is 13.9. The monoisotopic (exact) mass is 408 g/mol. The Morgan fingerprint density at radius 3 is 2.62 bits per heavy atom. The van der Waals surface area contributed by atoms with Crippen LogP contribution in [0, 0.1) is 17.6 Å². The van der Waals surface area contributed by atoms with Gasteiger partial charge in [-0.1, -0.05) is 18.6 Å². The van der Waals surface area contributed by atoms with Gasteiger partial charge in [-0.05, 0) is 37.0 Å². The lowest BCUT2D eigenvalue weighted by molar-refractivity contribution is -0.0517. The quantitative estimate of drug-likeness (QED) is 0.344. The second-order valence-electron chi connectivity index (χ2n) is 6.62. The summed E-state index contributed by atoms with van der Waals surface area (Å²) in [7, 11) is 0. The summed E-state index contributed by atoms with van der Waals surface area (Å²) in [4.78, 5) is 3.98. The minimum absolute atomic E-state index is 0.00889. The number of para-hydroxylation sites is 1. The second-order valence-corrected chi connectivity index (χ2v) is 6.62. The van der Waals surface area contributed by atoms with Crippen molar-refractivity contribution in [3.63, 3.8) is 0 Å². The molecule has 0 unspecified atom stereocenters. The minimum Gasteiger partial charge on any atom is -0.489 e. The van der Waals surface area contributed by atoms with Gasteiger partial charge in [0.2, 0.25) is 0 Å². The van der Waals surface area contributed by atoms with Gasteiger partial charge in [-0.15, -0.1) is 0 Å². The SMILES string of the molecule is Nc1cc(F)c(F)cc1N=C/C=C/c1cccc(OC(F)F)c1OCC1CCC1. The summed E-state index contributed by atoms with van der Waals surface area (Å²) in [6, 6.07) is 6.40. The first-order valence-electron chi connectivity index (χ1n) is 9.10. The fourth-order valence-electron chi connectivity index (χ4n) is 2.80. The van der Waals surface area contributed by atoms with Gasteiger partial charge in [0.15, 0.2) is 23.1 Å². The molecule has 1 fully saturated rings. The molecule has 0 spiro atoms. The number of aliphatic imine (C=N–C) groups is 1. The van der Waals surface area contributed by atoms with Crippen molar-refractivity contribution in [1.82, 2.24) is 0 Å². The summed E-state index contributed by atoms with van der Waals surface area (Å²) in [5, 5.41) is 0. The van der Waals surface area contributed by atoms with Gasteiger partial charge in [-0.3, -0.25) is 4.99 Å². The number of halogens is 4. The van der Waals surface area contributed by atoms with Crippen LogP contribution in [0.3, 0.4) is 0 Å². The average Bonchev–Trinajstić information content (AvgIpc) is 2.62. The van der Waals surface area contributed by atoms with Crippen LogP contribution in [0.25, 0.3) is 6.08 Å². The van der Waals surface area contributed by atoms with Crippen LogP contribution in [0.5, 0.6) is 11.5 Å². The summed E-state index contributed by atoms with van der Waals surface area (Å²) in [6.45, 7) is -2.55. The van der Waals surface area contributed by atoms with Crippen molar-refractivity contribution >= 4 is 23.7 Å². The number of hydrogen-bond acceptors (Lipinski definition) is 4. The number of nitrogens with two attached hydrogens (primary N) is 1. The Bertz CT molecular complexity index is 912. The maximum atomic E-state index is 13.3. The van der Waals surface area contributed by atoms with E-state index in [-0.39, 0.29) is 22.9 Å². The van der Waals surface area contributed by atoms with Crippen molar-refractivity contribution in [2.24, 2.45) is 10.9 Å². The molecular weight excluding hydrogens is 388 g/mol. The number of anilines is 1. The van der Waals surface area contributed by atoms with Crippen LogP contribution >= 0.6 is 0 Å². The Balaban J connectivity index is 1.78. The highest BCUT2D eigenvalue weighted by atomic mass is 19.3. The highest BCUT2D eigenvalue weighted by molar-refractivity contribution is 5.83. The molecule has 0 aliphatic heterocycles. The van der Waals surface area contributed by atoms with Gasteiger partial charge >= 0.3 is 6.61 Å². The van der Waals surface area contributed by atoms with Gasteiger partial charge in [0.25, 0.3) is 0 Å². The molecule has 2 aromatic carbocycles. The standard InChI is InChI=1S/C21H20F4N2O2/c22-15-10-17(26)18(11-16(15)23)27-9-3-7-14-6-2-8-19(29-21(24)25)20(14)28-12-13-4-1-5-13/h2-3,6-11,13,21H,1,4-5,12,26H2/b7-3+,27-9?. The lowest BCUT2D eigenvalue weighted by Crippen LogP contribution is -2.20. The first-order valence-corrected chi connectivity index (χ1v) is 9.10. The summed E-state index contributed by atoms with van der Waals surface area (Å²) >= 11 is 0. The van der Waals surface area contributed by atoms with Crippen LogP contribution in [0.1, 0.15) is 24.8 Å². The molecule has 4 nitrogen and oxygen atoms in total. The summed E-state index contributed by atoms with van der Waals surface area (Å²) in [5.41, 5.74) is 6.19. The molecule has 0 bridgehead atoms. The molecule has 8 heteroatoms. The third-order valence-corrected chi connectivity index (χ3v) is 4.56. The molecule has 0 amide bonds. The summed E-state index contributed by atoms with van der Waals surface area (Å²) in [6.07, 6.45) is 7.67. The van der Waals surface area contributed by atoms with Gasteiger partial charge in [-0.2, -0.15) is 8.78 Å². The number of benzene rings is 2. The summed E-state index contributed by atoms with van der Waals surface area (Å²) in [5.74, 6) is -1.54. The number of ether oxygens (including phenoxy) is 2. The summed E-state index contributed by atoms with van der Waals surface area (Å²) < 4.78 is 62.2. The van der Waals surface area contributed by atoms with Crippen LogP contribution in [0.4, 0.5) is 28.9 Å². The van der Waals surface area contributed by atoms with E-state index in [1.54, 1.807) is 18.2 Å². The lowest BCUT2D eigenvalue weighted by Gasteiger charge is -2.26. The number of nitrogen functional groups attached to an aromatic ring is 1. The number of rotatable bonds is 8. The first kappa shape index (κ1) is 20.7. The zero-order chi connectivity index (χ0) is 20.8. The third kappa shape index (κ3) is 5.49. The Hall–Kier alpha value is -3.03. The van der Waals surface area contributed by atoms with Crippen LogP contribution in [-0.4, -0.2) is 19.4 Å². The molecular formula is C21H20F4N2O2. The Kier molecular flexibility index (Phi) is 6.74. The topological polar surface area (TPSA) is 56.8 Å². The molecule has 0 saturated heterocycles. The largest absolute Gasteiger partial charge is 0.489 e. The van der Waals surface area contributed by atoms with E-state index in [4.69, 9.17) is 10.5 Å². The smallest absolute Gasteiger partial charge is 0.387 e. The highest BCUT2D eigenvalue weighted by Crippen LogP contribution is 2.35. The predicted molar refractivity (Wildman–Crippen MR) is 104 cm³/mol. The third-order valence-electron chi connectivity index (χ3n) is 4.56. The Labute approximate surface area is 165 Å². The number of alkyl halides is 2.